The molecular weight excluding hydrogens is 274 g/mol. The van der Waals surface area contributed by atoms with Gasteiger partial charge in [0.15, 0.2) is 0 Å². The number of rotatable bonds is 7. The molecule has 1 aliphatic heterocycles. The van der Waals surface area contributed by atoms with Crippen LogP contribution in [-0.2, 0) is 0 Å². The summed E-state index contributed by atoms with van der Waals surface area (Å²) in [5.74, 6) is 0.980. The highest BCUT2D eigenvalue weighted by atomic mass is 16.5. The first-order valence-corrected chi connectivity index (χ1v) is 8.64. The molecule has 1 aromatic carbocycles. The lowest BCUT2D eigenvalue weighted by atomic mass is 9.99. The van der Waals surface area contributed by atoms with Gasteiger partial charge in [-0.15, -0.1) is 0 Å². The number of benzene rings is 1. The van der Waals surface area contributed by atoms with Gasteiger partial charge in [-0.1, -0.05) is 32.0 Å². The van der Waals surface area contributed by atoms with Crippen molar-refractivity contribution in [1.29, 1.82) is 0 Å². The molecule has 0 aromatic heterocycles. The summed E-state index contributed by atoms with van der Waals surface area (Å²) in [5, 5.41) is 0. The number of para-hydroxylation sites is 1. The molecule has 2 unspecified atom stereocenters. The van der Waals surface area contributed by atoms with E-state index in [1.807, 2.05) is 13.0 Å². The molecule has 2 rings (SSSR count). The van der Waals surface area contributed by atoms with E-state index in [1.165, 1.54) is 5.56 Å². The van der Waals surface area contributed by atoms with Crippen molar-refractivity contribution in [2.24, 2.45) is 5.73 Å². The van der Waals surface area contributed by atoms with Crippen LogP contribution in [-0.4, -0.2) is 55.2 Å². The van der Waals surface area contributed by atoms with E-state index in [-0.39, 0.29) is 6.04 Å². The molecule has 1 fully saturated rings. The lowest BCUT2D eigenvalue weighted by molar-refractivity contribution is 0.0418. The highest BCUT2D eigenvalue weighted by Gasteiger charge is 2.31. The quantitative estimate of drug-likeness (QED) is 0.840. The van der Waals surface area contributed by atoms with Crippen molar-refractivity contribution in [3.05, 3.63) is 29.8 Å². The minimum Gasteiger partial charge on any atom is -0.494 e. The summed E-state index contributed by atoms with van der Waals surface area (Å²) in [4.78, 5) is 5.12. The molecule has 2 N–H and O–H groups in total. The largest absolute Gasteiger partial charge is 0.494 e. The molecule has 0 aliphatic carbocycles. The van der Waals surface area contributed by atoms with Gasteiger partial charge < -0.3 is 15.4 Å². The molecule has 1 heterocycles. The fourth-order valence-electron chi connectivity index (χ4n) is 3.48. The molecule has 0 radical (unpaired) electrons. The van der Waals surface area contributed by atoms with Crippen molar-refractivity contribution in [2.45, 2.75) is 39.3 Å². The zero-order chi connectivity index (χ0) is 15.9. The lowest BCUT2D eigenvalue weighted by Crippen LogP contribution is -2.54. The average Bonchev–Trinajstić information content (AvgIpc) is 2.57. The van der Waals surface area contributed by atoms with E-state index >= 15 is 0 Å². The SMILES string of the molecule is CCOc1ccccc1C(CN)N1CCN(CC)CC1CC. The molecule has 124 valence electrons. The van der Waals surface area contributed by atoms with Gasteiger partial charge in [0.1, 0.15) is 5.75 Å². The van der Waals surface area contributed by atoms with Crippen molar-refractivity contribution in [3.8, 4) is 5.75 Å². The number of hydrogen-bond acceptors (Lipinski definition) is 4. The van der Waals surface area contributed by atoms with E-state index in [4.69, 9.17) is 10.5 Å². The minimum atomic E-state index is 0.242. The van der Waals surface area contributed by atoms with Gasteiger partial charge in [0.2, 0.25) is 0 Å². The predicted octanol–water partition coefficient (Wildman–Crippen LogP) is 2.50. The fraction of sp³-hybridized carbons (Fsp3) is 0.667. The Hall–Kier alpha value is -1.10. The first-order chi connectivity index (χ1) is 10.7. The van der Waals surface area contributed by atoms with E-state index < -0.39 is 0 Å². The van der Waals surface area contributed by atoms with E-state index in [1.54, 1.807) is 0 Å². The maximum Gasteiger partial charge on any atom is 0.124 e. The van der Waals surface area contributed by atoms with E-state index in [0.29, 0.717) is 19.2 Å². The number of likely N-dealkylation sites (N-methyl/N-ethyl adjacent to an activating group) is 1. The number of ether oxygens (including phenoxy) is 1. The Kier molecular flexibility index (Phi) is 6.68. The zero-order valence-corrected chi connectivity index (χ0v) is 14.3. The molecule has 1 aromatic rings. The van der Waals surface area contributed by atoms with Crippen LogP contribution < -0.4 is 10.5 Å². The molecule has 1 aliphatic rings. The second-order valence-electron chi connectivity index (χ2n) is 5.92. The number of piperazine rings is 1. The maximum absolute atomic E-state index is 6.17. The molecule has 0 amide bonds. The standard InChI is InChI=1S/C18H31N3O/c1-4-15-14-20(5-2)11-12-21(15)17(13-19)16-9-7-8-10-18(16)22-6-3/h7-10,15,17H,4-6,11-14,19H2,1-3H3. The first kappa shape index (κ1) is 17.3. The van der Waals surface area contributed by atoms with Gasteiger partial charge in [-0.3, -0.25) is 4.90 Å². The monoisotopic (exact) mass is 305 g/mol. The summed E-state index contributed by atoms with van der Waals surface area (Å²) in [6.07, 6.45) is 1.16. The van der Waals surface area contributed by atoms with Crippen molar-refractivity contribution >= 4 is 0 Å². The van der Waals surface area contributed by atoms with Crippen molar-refractivity contribution in [2.75, 3.05) is 39.3 Å². The van der Waals surface area contributed by atoms with E-state index in [0.717, 1.165) is 38.3 Å². The Bertz CT molecular complexity index is 452. The van der Waals surface area contributed by atoms with Crippen LogP contribution in [0.5, 0.6) is 5.75 Å². The van der Waals surface area contributed by atoms with Gasteiger partial charge >= 0.3 is 0 Å². The van der Waals surface area contributed by atoms with Crippen LogP contribution in [0.15, 0.2) is 24.3 Å². The Morgan fingerprint density at radius 2 is 2.00 bits per heavy atom. The number of nitrogens with two attached hydrogens (primary N) is 1. The average molecular weight is 305 g/mol. The van der Waals surface area contributed by atoms with Gasteiger partial charge in [0.05, 0.1) is 12.6 Å². The molecule has 0 saturated carbocycles. The Labute approximate surface area is 135 Å². The van der Waals surface area contributed by atoms with Gasteiger partial charge in [0.25, 0.3) is 0 Å². The topological polar surface area (TPSA) is 41.7 Å². The summed E-state index contributed by atoms with van der Waals surface area (Å²) in [5.41, 5.74) is 7.41. The lowest BCUT2D eigenvalue weighted by Gasteiger charge is -2.45. The summed E-state index contributed by atoms with van der Waals surface area (Å²) in [6, 6.07) is 9.16. The molecule has 4 heteroatoms. The summed E-state index contributed by atoms with van der Waals surface area (Å²) in [7, 11) is 0. The van der Waals surface area contributed by atoms with Crippen LogP contribution in [0.2, 0.25) is 0 Å². The fourth-order valence-corrected chi connectivity index (χ4v) is 3.48. The molecule has 0 bridgehead atoms. The Morgan fingerprint density at radius 3 is 2.64 bits per heavy atom. The summed E-state index contributed by atoms with van der Waals surface area (Å²) < 4.78 is 5.83. The molecule has 4 nitrogen and oxygen atoms in total. The van der Waals surface area contributed by atoms with Crippen molar-refractivity contribution in [1.82, 2.24) is 9.80 Å². The van der Waals surface area contributed by atoms with E-state index in [9.17, 15) is 0 Å². The van der Waals surface area contributed by atoms with Gasteiger partial charge in [-0.25, -0.2) is 0 Å². The van der Waals surface area contributed by atoms with Crippen molar-refractivity contribution < 1.29 is 4.74 Å². The van der Waals surface area contributed by atoms with E-state index in [2.05, 4.69) is 41.8 Å². The minimum absolute atomic E-state index is 0.242. The van der Waals surface area contributed by atoms with Crippen LogP contribution in [0.3, 0.4) is 0 Å². The van der Waals surface area contributed by atoms with Gasteiger partial charge in [-0.2, -0.15) is 0 Å². The highest BCUT2D eigenvalue weighted by molar-refractivity contribution is 5.36. The van der Waals surface area contributed by atoms with Crippen LogP contribution in [0.4, 0.5) is 0 Å². The van der Waals surface area contributed by atoms with Gasteiger partial charge in [0, 0.05) is 37.8 Å². The summed E-state index contributed by atoms with van der Waals surface area (Å²) >= 11 is 0. The zero-order valence-electron chi connectivity index (χ0n) is 14.3. The third-order valence-electron chi connectivity index (χ3n) is 4.73. The highest BCUT2D eigenvalue weighted by Crippen LogP contribution is 2.32. The van der Waals surface area contributed by atoms with Crippen LogP contribution >= 0.6 is 0 Å². The summed E-state index contributed by atoms with van der Waals surface area (Å²) in [6.45, 7) is 12.3. The van der Waals surface area contributed by atoms with Crippen molar-refractivity contribution in [3.63, 3.8) is 0 Å². The third kappa shape index (κ3) is 3.80. The molecule has 1 saturated heterocycles. The number of hydrogen-bond donors (Lipinski definition) is 1. The van der Waals surface area contributed by atoms with Crippen LogP contribution in [0.25, 0.3) is 0 Å². The smallest absolute Gasteiger partial charge is 0.124 e. The maximum atomic E-state index is 6.17. The second-order valence-corrected chi connectivity index (χ2v) is 5.92. The van der Waals surface area contributed by atoms with Gasteiger partial charge in [-0.05, 0) is 26.0 Å². The Balaban J connectivity index is 2.23. The number of nitrogens with zero attached hydrogens (tertiary/aromatic N) is 2. The molecule has 0 spiro atoms. The normalized spacial score (nSPS) is 21.7. The second kappa shape index (κ2) is 8.51. The first-order valence-electron chi connectivity index (χ1n) is 8.64. The predicted molar refractivity (Wildman–Crippen MR) is 92.3 cm³/mol. The molecule has 2 atom stereocenters. The molecule has 22 heavy (non-hydrogen) atoms. The molecular formula is C18H31N3O. The Morgan fingerprint density at radius 1 is 1.23 bits per heavy atom. The third-order valence-corrected chi connectivity index (χ3v) is 4.73. The van der Waals surface area contributed by atoms with Crippen LogP contribution in [0.1, 0.15) is 38.8 Å². The van der Waals surface area contributed by atoms with Crippen LogP contribution in [0, 0.1) is 0 Å².